The Bertz CT molecular complexity index is 443. The maximum Gasteiger partial charge on any atom is 0.137 e. The van der Waals surface area contributed by atoms with Gasteiger partial charge in [0.05, 0.1) is 6.04 Å². The van der Waals surface area contributed by atoms with Gasteiger partial charge in [-0.1, -0.05) is 18.6 Å². The summed E-state index contributed by atoms with van der Waals surface area (Å²) in [6.07, 6.45) is 11.0. The summed E-state index contributed by atoms with van der Waals surface area (Å²) in [5.41, 5.74) is 1.61. The molecule has 110 valence electrons. The predicted octanol–water partition coefficient (Wildman–Crippen LogP) is 2.91. The molecule has 1 fully saturated rings. The first-order valence-electron chi connectivity index (χ1n) is 7.97. The third-order valence-electron chi connectivity index (χ3n) is 5.18. The van der Waals surface area contributed by atoms with Crippen molar-refractivity contribution in [3.05, 3.63) is 24.3 Å². The van der Waals surface area contributed by atoms with Gasteiger partial charge in [0.25, 0.3) is 0 Å². The average molecular weight is 274 g/mol. The summed E-state index contributed by atoms with van der Waals surface area (Å²) in [6, 6.07) is 0.550. The Morgan fingerprint density at radius 3 is 2.70 bits per heavy atom. The van der Waals surface area contributed by atoms with Crippen LogP contribution in [-0.4, -0.2) is 39.3 Å². The number of hydrogen-bond donors (Lipinski definition) is 0. The quantitative estimate of drug-likeness (QED) is 0.795. The monoisotopic (exact) mass is 274 g/mol. The van der Waals surface area contributed by atoms with Crippen LogP contribution in [0.25, 0.3) is 0 Å². The zero-order valence-corrected chi connectivity index (χ0v) is 12.7. The largest absolute Gasteiger partial charge is 0.303 e. The van der Waals surface area contributed by atoms with Gasteiger partial charge in [0, 0.05) is 19.6 Å². The van der Waals surface area contributed by atoms with Gasteiger partial charge in [0.1, 0.15) is 12.7 Å². The highest BCUT2D eigenvalue weighted by atomic mass is 15.3. The Hall–Kier alpha value is -1.16. The second-order valence-corrected chi connectivity index (χ2v) is 6.52. The highest BCUT2D eigenvalue weighted by Gasteiger charge is 2.27. The van der Waals surface area contributed by atoms with E-state index in [1.807, 2.05) is 11.0 Å². The number of aromatic nitrogens is 3. The van der Waals surface area contributed by atoms with Crippen LogP contribution in [0.4, 0.5) is 0 Å². The predicted molar refractivity (Wildman–Crippen MR) is 80.4 cm³/mol. The summed E-state index contributed by atoms with van der Waals surface area (Å²) < 4.78 is 2.03. The molecule has 2 aliphatic rings. The first-order chi connectivity index (χ1) is 9.74. The lowest BCUT2D eigenvalue weighted by Crippen LogP contribution is -2.40. The molecule has 0 N–H and O–H groups in total. The van der Waals surface area contributed by atoms with E-state index >= 15 is 0 Å². The molecule has 4 nitrogen and oxygen atoms in total. The average Bonchev–Trinajstić information content (AvgIpc) is 2.98. The van der Waals surface area contributed by atoms with Gasteiger partial charge in [0.15, 0.2) is 0 Å². The third kappa shape index (κ3) is 2.95. The Morgan fingerprint density at radius 2 is 2.05 bits per heavy atom. The highest BCUT2D eigenvalue weighted by Crippen LogP contribution is 2.32. The summed E-state index contributed by atoms with van der Waals surface area (Å²) in [4.78, 5) is 6.71. The van der Waals surface area contributed by atoms with Gasteiger partial charge in [-0.05, 0) is 44.4 Å². The fraction of sp³-hybridized carbons (Fsp3) is 0.750. The Labute approximate surface area is 121 Å². The maximum atomic E-state index is 4.28. The first kappa shape index (κ1) is 13.8. The molecule has 0 bridgehead atoms. The van der Waals surface area contributed by atoms with Gasteiger partial charge in [-0.25, -0.2) is 9.67 Å². The lowest BCUT2D eigenvalue weighted by Gasteiger charge is -2.37. The second kappa shape index (κ2) is 6.08. The lowest BCUT2D eigenvalue weighted by molar-refractivity contribution is 0.146. The van der Waals surface area contributed by atoms with Crippen molar-refractivity contribution < 1.29 is 0 Å². The molecule has 1 aliphatic heterocycles. The Balaban J connectivity index is 1.53. The molecular weight excluding hydrogens is 248 g/mol. The Kier molecular flexibility index (Phi) is 4.20. The highest BCUT2D eigenvalue weighted by molar-refractivity contribution is 5.09. The van der Waals surface area contributed by atoms with Crippen LogP contribution in [0, 0.1) is 11.8 Å². The number of allylic oxidation sites excluding steroid dienone is 1. The van der Waals surface area contributed by atoms with Crippen LogP contribution in [0.1, 0.15) is 45.6 Å². The van der Waals surface area contributed by atoms with E-state index in [-0.39, 0.29) is 0 Å². The summed E-state index contributed by atoms with van der Waals surface area (Å²) in [6.45, 7) is 8.38. The van der Waals surface area contributed by atoms with Gasteiger partial charge in [0.2, 0.25) is 0 Å². The lowest BCUT2D eigenvalue weighted by atomic mass is 9.79. The molecule has 0 saturated carbocycles. The Morgan fingerprint density at radius 1 is 1.25 bits per heavy atom. The zero-order chi connectivity index (χ0) is 13.9. The van der Waals surface area contributed by atoms with Gasteiger partial charge >= 0.3 is 0 Å². The van der Waals surface area contributed by atoms with E-state index in [2.05, 4.69) is 34.9 Å². The minimum Gasteiger partial charge on any atom is -0.303 e. The molecule has 0 spiro atoms. The number of piperidine rings is 1. The summed E-state index contributed by atoms with van der Waals surface area (Å²) in [7, 11) is 0. The van der Waals surface area contributed by atoms with E-state index in [1.54, 1.807) is 11.9 Å². The number of rotatable bonds is 3. The summed E-state index contributed by atoms with van der Waals surface area (Å²) >= 11 is 0. The standard InChI is InChI=1S/C16H26N4/c1-13-4-3-5-14(2)16(13)10-19-8-6-15(7-9-19)20-12-17-11-18-20/h4,11-12,14-16H,3,5-10H2,1-2H3/t14-,16-/m0/s1. The van der Waals surface area contributed by atoms with Crippen molar-refractivity contribution in [2.75, 3.05) is 19.6 Å². The first-order valence-corrected chi connectivity index (χ1v) is 7.97. The molecule has 0 radical (unpaired) electrons. The van der Waals surface area contributed by atoms with Crippen LogP contribution >= 0.6 is 0 Å². The van der Waals surface area contributed by atoms with E-state index in [0.717, 1.165) is 11.8 Å². The van der Waals surface area contributed by atoms with Crippen LogP contribution < -0.4 is 0 Å². The molecule has 0 aromatic carbocycles. The van der Waals surface area contributed by atoms with E-state index in [0.29, 0.717) is 6.04 Å². The van der Waals surface area contributed by atoms with Crippen molar-refractivity contribution in [1.82, 2.24) is 19.7 Å². The molecule has 1 saturated heterocycles. The molecule has 0 unspecified atom stereocenters. The fourth-order valence-electron chi connectivity index (χ4n) is 3.75. The van der Waals surface area contributed by atoms with E-state index in [1.165, 1.54) is 45.3 Å². The molecule has 2 atom stereocenters. The minimum absolute atomic E-state index is 0.550. The van der Waals surface area contributed by atoms with Crippen molar-refractivity contribution >= 4 is 0 Å². The van der Waals surface area contributed by atoms with Gasteiger partial charge in [-0.3, -0.25) is 0 Å². The minimum atomic E-state index is 0.550. The van der Waals surface area contributed by atoms with Crippen LogP contribution in [0.3, 0.4) is 0 Å². The molecule has 0 amide bonds. The van der Waals surface area contributed by atoms with Gasteiger partial charge in [-0.2, -0.15) is 5.10 Å². The van der Waals surface area contributed by atoms with Crippen molar-refractivity contribution in [3.63, 3.8) is 0 Å². The topological polar surface area (TPSA) is 34.0 Å². The third-order valence-corrected chi connectivity index (χ3v) is 5.18. The van der Waals surface area contributed by atoms with Crippen LogP contribution in [0.5, 0.6) is 0 Å². The normalized spacial score (nSPS) is 29.4. The molecule has 2 heterocycles. The maximum absolute atomic E-state index is 4.28. The van der Waals surface area contributed by atoms with Crippen LogP contribution in [-0.2, 0) is 0 Å². The zero-order valence-electron chi connectivity index (χ0n) is 12.7. The summed E-state index contributed by atoms with van der Waals surface area (Å²) in [5, 5.41) is 4.28. The molecule has 4 heteroatoms. The summed E-state index contributed by atoms with van der Waals surface area (Å²) in [5.74, 6) is 1.61. The SMILES string of the molecule is CC1=CCC[C@H](C)[C@H]1CN1CCC(n2cncn2)CC1. The number of nitrogens with zero attached hydrogens (tertiary/aromatic N) is 4. The number of likely N-dealkylation sites (tertiary alicyclic amines) is 1. The van der Waals surface area contributed by atoms with E-state index < -0.39 is 0 Å². The van der Waals surface area contributed by atoms with Crippen molar-refractivity contribution in [1.29, 1.82) is 0 Å². The van der Waals surface area contributed by atoms with Gasteiger partial charge in [-0.15, -0.1) is 0 Å². The van der Waals surface area contributed by atoms with Crippen LogP contribution in [0.15, 0.2) is 24.3 Å². The molecule has 20 heavy (non-hydrogen) atoms. The van der Waals surface area contributed by atoms with Crippen molar-refractivity contribution in [3.8, 4) is 0 Å². The van der Waals surface area contributed by atoms with Crippen molar-refractivity contribution in [2.45, 2.75) is 45.6 Å². The van der Waals surface area contributed by atoms with Gasteiger partial charge < -0.3 is 4.90 Å². The molecule has 1 aromatic rings. The van der Waals surface area contributed by atoms with Crippen molar-refractivity contribution in [2.24, 2.45) is 11.8 Å². The van der Waals surface area contributed by atoms with E-state index in [9.17, 15) is 0 Å². The molecule has 3 rings (SSSR count). The second-order valence-electron chi connectivity index (χ2n) is 6.52. The smallest absolute Gasteiger partial charge is 0.137 e. The molecule has 1 aromatic heterocycles. The fourth-order valence-corrected chi connectivity index (χ4v) is 3.75. The number of hydrogen-bond acceptors (Lipinski definition) is 3. The van der Waals surface area contributed by atoms with E-state index in [4.69, 9.17) is 0 Å². The van der Waals surface area contributed by atoms with Crippen LogP contribution in [0.2, 0.25) is 0 Å². The molecular formula is C16H26N4. The molecule has 1 aliphatic carbocycles.